The number of esters is 1. The second-order valence-corrected chi connectivity index (χ2v) is 10.9. The number of sulfone groups is 1. The number of ether oxygens (including phenoxy) is 1. The number of carbonyl (C=O) groups is 1. The van der Waals surface area contributed by atoms with Crippen LogP contribution in [0.3, 0.4) is 0 Å². The van der Waals surface area contributed by atoms with Crippen molar-refractivity contribution in [1.82, 2.24) is 5.23 Å². The zero-order valence-electron chi connectivity index (χ0n) is 19.1. The van der Waals surface area contributed by atoms with Crippen molar-refractivity contribution in [3.05, 3.63) is 58.9 Å². The van der Waals surface area contributed by atoms with E-state index < -0.39 is 28.8 Å². The third kappa shape index (κ3) is 9.45. The molecule has 6 nitrogen and oxygen atoms in total. The molecule has 2 rings (SSSR count). The van der Waals surface area contributed by atoms with E-state index in [2.05, 4.69) is 5.23 Å². The fourth-order valence-corrected chi connectivity index (χ4v) is 4.55. The van der Waals surface area contributed by atoms with Crippen LogP contribution in [0, 0.1) is 11.7 Å². The van der Waals surface area contributed by atoms with Gasteiger partial charge < -0.3 is 15.0 Å². The van der Waals surface area contributed by atoms with Gasteiger partial charge in [0.15, 0.2) is 0 Å². The Kier molecular flexibility index (Phi) is 10.3. The van der Waals surface area contributed by atoms with Gasteiger partial charge in [0.05, 0.1) is 18.3 Å². The first kappa shape index (κ1) is 27.3. The number of halogens is 2. The van der Waals surface area contributed by atoms with Gasteiger partial charge in [0.25, 0.3) is 0 Å². The summed E-state index contributed by atoms with van der Waals surface area (Å²) in [6.45, 7) is 3.47. The second-order valence-electron chi connectivity index (χ2n) is 8.17. The van der Waals surface area contributed by atoms with E-state index in [9.17, 15) is 22.6 Å². The number of benzene rings is 2. The summed E-state index contributed by atoms with van der Waals surface area (Å²) in [4.78, 5) is 12.4. The first-order valence-corrected chi connectivity index (χ1v) is 13.2. The minimum absolute atomic E-state index is 0.127. The maximum absolute atomic E-state index is 14.2. The van der Waals surface area contributed by atoms with Crippen LogP contribution in [0.5, 0.6) is 0 Å². The standard InChI is InChI=1S/C23H30BClFNO5S/c1-4-32-23(28)18(11-12-33(3,30)31)14-20(27-24(2)29)13-16-5-7-17(8-6-16)21-15-19(25)9-10-22(21)26/h5-10,15,18,20,27,29H,4,11-14H2,1-3H3/t18-,20-/m1/s1. The third-order valence-electron chi connectivity index (χ3n) is 5.18. The average Bonchev–Trinajstić information content (AvgIpc) is 2.72. The van der Waals surface area contributed by atoms with Gasteiger partial charge in [-0.15, -0.1) is 0 Å². The lowest BCUT2D eigenvalue weighted by Gasteiger charge is -2.24. The molecule has 0 aliphatic rings. The molecule has 0 amide bonds. The monoisotopic (exact) mass is 497 g/mol. The van der Waals surface area contributed by atoms with Crippen molar-refractivity contribution < 1.29 is 27.4 Å². The zero-order valence-corrected chi connectivity index (χ0v) is 20.6. The van der Waals surface area contributed by atoms with E-state index >= 15 is 0 Å². The van der Waals surface area contributed by atoms with E-state index in [1.807, 2.05) is 12.1 Å². The molecule has 0 fully saturated rings. The molecule has 0 aromatic heterocycles. The van der Waals surface area contributed by atoms with Crippen LogP contribution in [0.2, 0.25) is 11.8 Å². The minimum atomic E-state index is -3.24. The van der Waals surface area contributed by atoms with Gasteiger partial charge >= 0.3 is 13.0 Å². The molecule has 180 valence electrons. The van der Waals surface area contributed by atoms with Gasteiger partial charge in [0, 0.05) is 22.9 Å². The number of hydrogen-bond donors (Lipinski definition) is 2. The molecule has 0 bridgehead atoms. The molecule has 0 heterocycles. The van der Waals surface area contributed by atoms with Gasteiger partial charge in [-0.2, -0.15) is 0 Å². The van der Waals surface area contributed by atoms with Crippen LogP contribution in [-0.2, 0) is 25.8 Å². The Bertz CT molecular complexity index is 1030. The van der Waals surface area contributed by atoms with Crippen molar-refractivity contribution >= 4 is 34.5 Å². The SMILES string of the molecule is CCOC(=O)[C@H](CCS(C)(=O)=O)C[C@@H](Cc1ccc(-c2cc(Cl)ccc2F)cc1)NB(C)O. The van der Waals surface area contributed by atoms with Crippen LogP contribution < -0.4 is 5.23 Å². The average molecular weight is 498 g/mol. The summed E-state index contributed by atoms with van der Waals surface area (Å²) in [7, 11) is -4.07. The Morgan fingerprint density at radius 3 is 2.48 bits per heavy atom. The van der Waals surface area contributed by atoms with Crippen molar-refractivity contribution in [3.63, 3.8) is 0 Å². The molecular weight excluding hydrogens is 468 g/mol. The topological polar surface area (TPSA) is 92.7 Å². The van der Waals surface area contributed by atoms with Crippen molar-refractivity contribution in [2.75, 3.05) is 18.6 Å². The van der Waals surface area contributed by atoms with Crippen molar-refractivity contribution in [1.29, 1.82) is 0 Å². The third-order valence-corrected chi connectivity index (χ3v) is 6.39. The highest BCUT2D eigenvalue weighted by atomic mass is 35.5. The van der Waals surface area contributed by atoms with Gasteiger partial charge in [0.1, 0.15) is 15.7 Å². The lowest BCUT2D eigenvalue weighted by molar-refractivity contribution is -0.148. The van der Waals surface area contributed by atoms with Crippen LogP contribution in [0.25, 0.3) is 11.1 Å². The molecule has 0 spiro atoms. The number of carbonyl (C=O) groups excluding carboxylic acids is 1. The number of hydrogen-bond acceptors (Lipinski definition) is 6. The van der Waals surface area contributed by atoms with Crippen LogP contribution in [0.1, 0.15) is 25.3 Å². The first-order valence-electron chi connectivity index (χ1n) is 10.8. The first-order chi connectivity index (χ1) is 15.5. The maximum atomic E-state index is 14.2. The molecule has 2 aromatic carbocycles. The predicted molar refractivity (Wildman–Crippen MR) is 130 cm³/mol. The summed E-state index contributed by atoms with van der Waals surface area (Å²) in [5.41, 5.74) is 1.98. The summed E-state index contributed by atoms with van der Waals surface area (Å²) in [5, 5.41) is 13.4. The molecule has 0 radical (unpaired) electrons. The van der Waals surface area contributed by atoms with Crippen molar-refractivity contribution in [3.8, 4) is 11.1 Å². The molecule has 0 saturated carbocycles. The van der Waals surface area contributed by atoms with Gasteiger partial charge in [-0.05, 0) is 62.3 Å². The summed E-state index contributed by atoms with van der Waals surface area (Å²) in [6, 6.07) is 11.3. The van der Waals surface area contributed by atoms with Crippen LogP contribution >= 0.6 is 11.6 Å². The van der Waals surface area contributed by atoms with Crippen LogP contribution in [-0.4, -0.2) is 51.1 Å². The Hall–Kier alpha value is -1.94. The normalized spacial score (nSPS) is 13.4. The van der Waals surface area contributed by atoms with Gasteiger partial charge in [-0.1, -0.05) is 35.9 Å². The van der Waals surface area contributed by atoms with E-state index in [1.54, 1.807) is 31.9 Å². The van der Waals surface area contributed by atoms with Crippen molar-refractivity contribution in [2.24, 2.45) is 5.92 Å². The Morgan fingerprint density at radius 2 is 1.91 bits per heavy atom. The molecule has 2 N–H and O–H groups in total. The highest BCUT2D eigenvalue weighted by Crippen LogP contribution is 2.27. The lowest BCUT2D eigenvalue weighted by atomic mass is 9.83. The predicted octanol–water partition coefficient (Wildman–Crippen LogP) is 3.76. The Morgan fingerprint density at radius 1 is 1.24 bits per heavy atom. The molecule has 0 aliphatic carbocycles. The summed E-state index contributed by atoms with van der Waals surface area (Å²) >= 11 is 5.99. The fraction of sp³-hybridized carbons (Fsp3) is 0.435. The number of rotatable bonds is 12. The molecule has 10 heteroatoms. The molecule has 33 heavy (non-hydrogen) atoms. The van der Waals surface area contributed by atoms with Gasteiger partial charge in [0.2, 0.25) is 0 Å². The van der Waals surface area contributed by atoms with Crippen molar-refractivity contribution in [2.45, 2.75) is 39.1 Å². The number of nitrogens with one attached hydrogen (secondary N) is 1. The van der Waals surface area contributed by atoms with E-state index in [1.165, 1.54) is 12.1 Å². The summed E-state index contributed by atoms with van der Waals surface area (Å²) < 4.78 is 42.5. The Labute approximate surface area is 200 Å². The van der Waals surface area contributed by atoms with E-state index in [0.717, 1.165) is 11.8 Å². The molecule has 0 unspecified atom stereocenters. The quantitative estimate of drug-likeness (QED) is 0.343. The summed E-state index contributed by atoms with van der Waals surface area (Å²) in [6.07, 6.45) is 2.04. The van der Waals surface area contributed by atoms with Gasteiger partial charge in [-0.25, -0.2) is 12.8 Å². The van der Waals surface area contributed by atoms with E-state index in [-0.39, 0.29) is 30.6 Å². The largest absolute Gasteiger partial charge is 0.466 e. The minimum Gasteiger partial charge on any atom is -0.466 e. The van der Waals surface area contributed by atoms with E-state index in [4.69, 9.17) is 16.3 Å². The Balaban J connectivity index is 2.19. The molecule has 2 aromatic rings. The maximum Gasteiger partial charge on any atom is 0.373 e. The van der Waals surface area contributed by atoms with Gasteiger partial charge in [-0.3, -0.25) is 4.79 Å². The van der Waals surface area contributed by atoms with Crippen LogP contribution in [0.15, 0.2) is 42.5 Å². The molecule has 0 saturated heterocycles. The molecular formula is C23H30BClFNO5S. The molecule has 0 aliphatic heterocycles. The second kappa shape index (κ2) is 12.5. The highest BCUT2D eigenvalue weighted by Gasteiger charge is 2.27. The highest BCUT2D eigenvalue weighted by molar-refractivity contribution is 7.90. The summed E-state index contributed by atoms with van der Waals surface area (Å²) in [5.74, 6) is -1.58. The smallest absolute Gasteiger partial charge is 0.373 e. The fourth-order valence-electron chi connectivity index (χ4n) is 3.67. The zero-order chi connectivity index (χ0) is 24.6. The van der Waals surface area contributed by atoms with E-state index in [0.29, 0.717) is 29.0 Å². The van der Waals surface area contributed by atoms with Crippen LogP contribution in [0.4, 0.5) is 4.39 Å². The molecule has 2 atom stereocenters. The lowest BCUT2D eigenvalue weighted by Crippen LogP contribution is -2.43.